The van der Waals surface area contributed by atoms with Crippen LogP contribution < -0.4 is 5.32 Å². The van der Waals surface area contributed by atoms with E-state index >= 15 is 0 Å². The van der Waals surface area contributed by atoms with Gasteiger partial charge in [0.2, 0.25) is 0 Å². The lowest BCUT2D eigenvalue weighted by Gasteiger charge is -2.65. The predicted molar refractivity (Wildman–Crippen MR) is 113 cm³/mol. The first-order chi connectivity index (χ1) is 13.8. The lowest BCUT2D eigenvalue weighted by molar-refractivity contribution is -0.214. The summed E-state index contributed by atoms with van der Waals surface area (Å²) >= 11 is 0. The molecular formula is C24H38N2O3. The van der Waals surface area contributed by atoms with Crippen molar-refractivity contribution in [3.63, 3.8) is 0 Å². The Morgan fingerprint density at radius 3 is 2.72 bits per heavy atom. The maximum atomic E-state index is 12.7. The molecule has 1 heterocycles. The van der Waals surface area contributed by atoms with Crippen molar-refractivity contribution in [3.05, 3.63) is 0 Å². The second-order valence-electron chi connectivity index (χ2n) is 11.3. The summed E-state index contributed by atoms with van der Waals surface area (Å²) in [7, 11) is 0. The third-order valence-electron chi connectivity index (χ3n) is 10.1. The van der Waals surface area contributed by atoms with Gasteiger partial charge in [0.05, 0.1) is 11.3 Å². The molecule has 5 nitrogen and oxygen atoms in total. The molecule has 0 aromatic carbocycles. The average molecular weight is 403 g/mol. The fourth-order valence-corrected chi connectivity index (χ4v) is 8.19. The second-order valence-corrected chi connectivity index (χ2v) is 11.3. The lowest BCUT2D eigenvalue weighted by Crippen LogP contribution is -2.65. The molecule has 162 valence electrons. The molecule has 0 radical (unpaired) electrons. The number of carbonyl (C=O) groups excluding carboxylic acids is 1. The van der Waals surface area contributed by atoms with Crippen molar-refractivity contribution in [2.45, 2.75) is 90.3 Å². The maximum absolute atomic E-state index is 12.7. The van der Waals surface area contributed by atoms with E-state index < -0.39 is 5.60 Å². The maximum Gasteiger partial charge on any atom is 0.141 e. The van der Waals surface area contributed by atoms with E-state index in [0.717, 1.165) is 70.2 Å². The van der Waals surface area contributed by atoms with Crippen molar-refractivity contribution in [1.29, 1.82) is 0 Å². The van der Waals surface area contributed by atoms with Gasteiger partial charge in [-0.3, -0.25) is 4.79 Å². The number of aliphatic hydroxyl groups is 1. The van der Waals surface area contributed by atoms with Crippen LogP contribution in [-0.2, 0) is 9.63 Å². The number of nitrogens with one attached hydrogen (secondary N) is 1. The number of nitrogens with zero attached hydrogens (tertiary/aromatic N) is 1. The van der Waals surface area contributed by atoms with Crippen molar-refractivity contribution >= 4 is 11.5 Å². The first kappa shape index (κ1) is 20.0. The summed E-state index contributed by atoms with van der Waals surface area (Å²) in [6, 6.07) is 0. The summed E-state index contributed by atoms with van der Waals surface area (Å²) in [5.74, 6) is 2.35. The molecule has 8 atom stereocenters. The van der Waals surface area contributed by atoms with E-state index in [4.69, 9.17) is 4.84 Å². The molecule has 0 spiro atoms. The van der Waals surface area contributed by atoms with Crippen LogP contribution in [0.3, 0.4) is 0 Å². The van der Waals surface area contributed by atoms with Crippen LogP contribution in [0.15, 0.2) is 5.16 Å². The average Bonchev–Trinajstić information content (AvgIpc) is 3.31. The Morgan fingerprint density at radius 1 is 1.14 bits per heavy atom. The first-order valence-electron chi connectivity index (χ1n) is 12.0. The van der Waals surface area contributed by atoms with Gasteiger partial charge in [-0.05, 0) is 68.7 Å². The largest absolute Gasteiger partial charge is 0.391 e. The molecule has 5 fully saturated rings. The van der Waals surface area contributed by atoms with Crippen LogP contribution in [0.5, 0.6) is 0 Å². The minimum absolute atomic E-state index is 0.0871. The Morgan fingerprint density at radius 2 is 1.97 bits per heavy atom. The van der Waals surface area contributed by atoms with E-state index in [-0.39, 0.29) is 22.9 Å². The molecular weight excluding hydrogens is 364 g/mol. The molecule has 0 aromatic heterocycles. The Balaban J connectivity index is 1.39. The van der Waals surface area contributed by atoms with Gasteiger partial charge in [0.25, 0.3) is 0 Å². The van der Waals surface area contributed by atoms with Gasteiger partial charge in [0, 0.05) is 36.6 Å². The fourth-order valence-electron chi connectivity index (χ4n) is 8.19. The molecule has 0 amide bonds. The Bertz CT molecular complexity index is 717. The van der Waals surface area contributed by atoms with Crippen molar-refractivity contribution < 1.29 is 14.7 Å². The number of hydrogen-bond acceptors (Lipinski definition) is 5. The summed E-state index contributed by atoms with van der Waals surface area (Å²) in [5, 5.41) is 19.9. The lowest BCUT2D eigenvalue weighted by atomic mass is 9.41. The number of carbonyl (C=O) groups is 1. The second kappa shape index (κ2) is 6.78. The number of fused-ring (bicyclic) bond motifs is 5. The highest BCUT2D eigenvalue weighted by Gasteiger charge is 2.66. The monoisotopic (exact) mass is 402 g/mol. The molecule has 5 heteroatoms. The van der Waals surface area contributed by atoms with Gasteiger partial charge in [-0.25, -0.2) is 0 Å². The highest BCUT2D eigenvalue weighted by Crippen LogP contribution is 2.67. The number of ketones is 1. The van der Waals surface area contributed by atoms with Crippen LogP contribution in [0.1, 0.15) is 78.6 Å². The molecule has 4 aliphatic carbocycles. The number of oxime groups is 1. The van der Waals surface area contributed by atoms with E-state index in [0.29, 0.717) is 30.0 Å². The van der Waals surface area contributed by atoms with Crippen LogP contribution in [-0.4, -0.2) is 41.4 Å². The van der Waals surface area contributed by atoms with E-state index in [1.165, 1.54) is 0 Å². The zero-order valence-corrected chi connectivity index (χ0v) is 18.4. The smallest absolute Gasteiger partial charge is 0.141 e. The first-order valence-corrected chi connectivity index (χ1v) is 12.0. The van der Waals surface area contributed by atoms with Crippen molar-refractivity contribution in [2.24, 2.45) is 39.7 Å². The summed E-state index contributed by atoms with van der Waals surface area (Å²) in [5.41, 5.74) is 0.144. The molecule has 29 heavy (non-hydrogen) atoms. The summed E-state index contributed by atoms with van der Waals surface area (Å²) in [6.07, 6.45) is 8.72. The Hall–Kier alpha value is -0.940. The number of Topliss-reactive ketones (excluding diaryl/α,β-unsaturated/α-hetero) is 1. The molecule has 4 saturated carbocycles. The summed E-state index contributed by atoms with van der Waals surface area (Å²) in [4.78, 5) is 18.5. The van der Waals surface area contributed by atoms with Gasteiger partial charge in [-0.1, -0.05) is 25.9 Å². The third-order valence-corrected chi connectivity index (χ3v) is 10.1. The number of hydrogen-bond donors (Lipinski definition) is 2. The Kier molecular flexibility index (Phi) is 4.67. The van der Waals surface area contributed by atoms with Gasteiger partial charge in [-0.15, -0.1) is 0 Å². The number of rotatable bonds is 2. The van der Waals surface area contributed by atoms with Crippen molar-refractivity contribution in [1.82, 2.24) is 5.32 Å². The van der Waals surface area contributed by atoms with E-state index in [1.54, 1.807) is 0 Å². The molecule has 5 aliphatic rings. The van der Waals surface area contributed by atoms with E-state index in [1.807, 2.05) is 0 Å². The minimum atomic E-state index is -0.709. The minimum Gasteiger partial charge on any atom is -0.391 e. The van der Waals surface area contributed by atoms with E-state index in [2.05, 4.69) is 31.2 Å². The van der Waals surface area contributed by atoms with Gasteiger partial charge in [0.15, 0.2) is 0 Å². The van der Waals surface area contributed by atoms with Crippen molar-refractivity contribution in [2.75, 3.05) is 13.1 Å². The van der Waals surface area contributed by atoms with Gasteiger partial charge in [-0.2, -0.15) is 0 Å². The molecule has 1 aliphatic heterocycles. The molecule has 0 aromatic rings. The quantitative estimate of drug-likeness (QED) is 0.691. The summed E-state index contributed by atoms with van der Waals surface area (Å²) in [6.45, 7) is 8.69. The van der Waals surface area contributed by atoms with Crippen LogP contribution in [0.2, 0.25) is 0 Å². The molecule has 2 N–H and O–H groups in total. The van der Waals surface area contributed by atoms with Gasteiger partial charge < -0.3 is 15.3 Å². The van der Waals surface area contributed by atoms with E-state index in [9.17, 15) is 9.90 Å². The standard InChI is InChI=1S/C24H38N2O3/c1-15-12-18-19-4-5-21(27)22(19,2)9-7-20(18)23(3)10-6-16(13-24(15,23)28)26-29-17-8-11-25-14-17/h15,17-20,25,28H,4-14H2,1-3H3/t15?,17?,18-,19-,20+,22-,23+,24?/m0/s1. The van der Waals surface area contributed by atoms with Crippen molar-refractivity contribution in [3.8, 4) is 0 Å². The van der Waals surface area contributed by atoms with Gasteiger partial charge in [0.1, 0.15) is 11.9 Å². The van der Waals surface area contributed by atoms with Crippen LogP contribution in [0.25, 0.3) is 0 Å². The van der Waals surface area contributed by atoms with Crippen LogP contribution in [0.4, 0.5) is 0 Å². The van der Waals surface area contributed by atoms with Gasteiger partial charge >= 0.3 is 0 Å². The molecule has 0 bridgehead atoms. The highest BCUT2D eigenvalue weighted by atomic mass is 16.6. The highest BCUT2D eigenvalue weighted by molar-refractivity contribution is 5.87. The molecule has 5 rings (SSSR count). The SMILES string of the molecule is CC1C[C@@H]2[C@@H](CC[C@]3(C)C(=O)CC[C@@H]23)[C@@]2(C)CCC(=NOC3CCNC3)CC12O. The normalized spacial score (nSPS) is 53.4. The summed E-state index contributed by atoms with van der Waals surface area (Å²) < 4.78 is 0. The zero-order valence-electron chi connectivity index (χ0n) is 18.4. The topological polar surface area (TPSA) is 70.9 Å². The van der Waals surface area contributed by atoms with Crippen LogP contribution in [0, 0.1) is 34.5 Å². The zero-order chi connectivity index (χ0) is 20.4. The Labute approximate surface area is 175 Å². The predicted octanol–water partition coefficient (Wildman–Crippen LogP) is 3.69. The fraction of sp³-hybridized carbons (Fsp3) is 0.917. The van der Waals surface area contributed by atoms with Crippen LogP contribution >= 0.6 is 0 Å². The third kappa shape index (κ3) is 2.79. The molecule has 1 saturated heterocycles. The molecule has 3 unspecified atom stereocenters.